The number of nitrogens with zero attached hydrogens (tertiary/aromatic N) is 2. The zero-order valence-corrected chi connectivity index (χ0v) is 30.2. The largest absolute Gasteiger partial charge is 0.508 e. The van der Waals surface area contributed by atoms with Crippen LogP contribution in [0.15, 0.2) is 115 Å². The van der Waals surface area contributed by atoms with Crippen molar-refractivity contribution in [3.8, 4) is 11.5 Å². The van der Waals surface area contributed by atoms with Crippen molar-refractivity contribution in [1.82, 2.24) is 10.3 Å². The number of phenolic OH excluding ortho intramolecular Hbond substituents is 1. The fourth-order valence-electron chi connectivity index (χ4n) is 4.63. The van der Waals surface area contributed by atoms with Crippen molar-refractivity contribution in [2.45, 2.75) is 44.3 Å². The molecule has 0 radical (unpaired) electrons. The molecule has 17 nitrogen and oxygen atoms in total. The number of aromatic hydroxyl groups is 1. The Labute approximate surface area is 320 Å². The number of carbonyl (C=O) groups excluding carboxylic acids is 3. The number of phenols is 1. The zero-order valence-electron chi connectivity index (χ0n) is 30.2. The summed E-state index contributed by atoms with van der Waals surface area (Å²) < 4.78 is 5.56. The summed E-state index contributed by atoms with van der Waals surface area (Å²) in [5, 5.41) is 39.8. The summed E-state index contributed by atoms with van der Waals surface area (Å²) in [4.78, 5) is 90.9. The third-order valence-electron chi connectivity index (χ3n) is 7.74. The van der Waals surface area contributed by atoms with Gasteiger partial charge in [-0.1, -0.05) is 74.3 Å². The first-order chi connectivity index (χ1) is 26.4. The quantitative estimate of drug-likeness (QED) is 0.0727. The first-order valence-corrected chi connectivity index (χ1v) is 16.7. The number of nitrogens with two attached hydrogens (primary N) is 1. The van der Waals surface area contributed by atoms with Crippen LogP contribution >= 0.6 is 0 Å². The van der Waals surface area contributed by atoms with Crippen molar-refractivity contribution < 1.29 is 68.4 Å². The highest BCUT2D eigenvalue weighted by Gasteiger charge is 2.36. The number of rotatable bonds is 22. The molecule has 3 atom stereocenters. The monoisotopic (exact) mass is 775 g/mol. The van der Waals surface area contributed by atoms with Crippen LogP contribution in [0.3, 0.4) is 0 Å². The van der Waals surface area contributed by atoms with Crippen LogP contribution in [0, 0.1) is 0 Å². The average Bonchev–Trinajstić information content (AvgIpc) is 3.15. The first kappa shape index (κ1) is 43.6. The summed E-state index contributed by atoms with van der Waals surface area (Å²) in [5.74, 6) is -7.81. The molecule has 6 N–H and O–H groups in total. The SMILES string of the molecule is C=C(C)C(=O)ON(CC(=C)C(=O)ON(OC(=O)C(=C)COc1ccc(C[C@H](N)C(=O)O)cc1)[C@@H](Cc1ccc(O)cc1)C(=O)O)[C@@H](Cc1ccccc1)C(=O)O. The highest BCUT2D eigenvalue weighted by molar-refractivity contribution is 5.90. The standard InChI is InChI=1S/C39H41N3O14/c1-23(2)37(50)54-41(32(35(46)47)19-26-8-6-5-7-9-26)21-24(3)38(51)55-42(33(36(48)49)20-28-10-14-29(43)15-11-28)56-39(52)25(4)22-53-30-16-12-27(13-17-30)18-31(40)34(44)45/h5-17,31-33,43H,1,3-4,18-22,40H2,2H3,(H,44,45)(H,46,47)(H,48,49)/t31-,32-,33-/m0/s1. The Bertz CT molecular complexity index is 1930. The summed E-state index contributed by atoms with van der Waals surface area (Å²) >= 11 is 0. The second-order valence-electron chi connectivity index (χ2n) is 12.3. The Balaban J connectivity index is 1.83. The maximum Gasteiger partial charge on any atom is 0.359 e. The van der Waals surface area contributed by atoms with Gasteiger partial charge < -0.3 is 45.4 Å². The predicted molar refractivity (Wildman–Crippen MR) is 196 cm³/mol. The van der Waals surface area contributed by atoms with Gasteiger partial charge in [0.05, 0.1) is 17.3 Å². The van der Waals surface area contributed by atoms with Crippen molar-refractivity contribution in [3.63, 3.8) is 0 Å². The molecule has 296 valence electrons. The van der Waals surface area contributed by atoms with Crippen molar-refractivity contribution in [2.24, 2.45) is 5.73 Å². The topological polar surface area (TPSA) is 253 Å². The summed E-state index contributed by atoms with van der Waals surface area (Å²) in [6, 6.07) is 15.2. The number of carbonyl (C=O) groups is 6. The Morgan fingerprint density at radius 2 is 1.14 bits per heavy atom. The van der Waals surface area contributed by atoms with Gasteiger partial charge in [0, 0.05) is 24.0 Å². The lowest BCUT2D eigenvalue weighted by Crippen LogP contribution is -2.47. The van der Waals surface area contributed by atoms with Crippen LogP contribution in [0.5, 0.6) is 11.5 Å². The third kappa shape index (κ3) is 13.5. The Kier molecular flexibility index (Phi) is 16.0. The van der Waals surface area contributed by atoms with E-state index >= 15 is 0 Å². The molecular formula is C39H41N3O14. The summed E-state index contributed by atoms with van der Waals surface area (Å²) in [6.45, 7) is 10.8. The molecule has 0 aliphatic heterocycles. The van der Waals surface area contributed by atoms with Crippen molar-refractivity contribution in [2.75, 3.05) is 13.2 Å². The minimum Gasteiger partial charge on any atom is -0.508 e. The molecule has 3 rings (SSSR count). The van der Waals surface area contributed by atoms with Crippen LogP contribution in [-0.4, -0.2) is 97.8 Å². The van der Waals surface area contributed by atoms with Crippen molar-refractivity contribution in [1.29, 1.82) is 0 Å². The van der Waals surface area contributed by atoms with E-state index in [1.807, 2.05) is 0 Å². The molecule has 0 heterocycles. The number of aliphatic carboxylic acids is 3. The molecule has 0 aromatic heterocycles. The number of hydrogen-bond acceptors (Lipinski definition) is 14. The number of carboxylic acid groups (broad SMARTS) is 3. The van der Waals surface area contributed by atoms with Crippen LogP contribution in [0.1, 0.15) is 23.6 Å². The normalized spacial score (nSPS) is 12.4. The predicted octanol–water partition coefficient (Wildman–Crippen LogP) is 2.78. The van der Waals surface area contributed by atoms with E-state index in [0.717, 1.165) is 0 Å². The van der Waals surface area contributed by atoms with Gasteiger partial charge in [-0.25, -0.2) is 14.4 Å². The van der Waals surface area contributed by atoms with E-state index in [9.17, 15) is 44.1 Å². The molecule has 17 heteroatoms. The van der Waals surface area contributed by atoms with Crippen LogP contribution in [0.4, 0.5) is 0 Å². The van der Waals surface area contributed by atoms with Gasteiger partial charge in [-0.2, -0.15) is 0 Å². The van der Waals surface area contributed by atoms with Crippen molar-refractivity contribution >= 4 is 35.8 Å². The van der Waals surface area contributed by atoms with Crippen LogP contribution < -0.4 is 10.5 Å². The Morgan fingerprint density at radius 1 is 0.643 bits per heavy atom. The molecule has 0 aliphatic carbocycles. The maximum atomic E-state index is 13.5. The molecule has 56 heavy (non-hydrogen) atoms. The zero-order chi connectivity index (χ0) is 41.5. The number of benzene rings is 3. The third-order valence-corrected chi connectivity index (χ3v) is 7.74. The van der Waals surface area contributed by atoms with Crippen LogP contribution in [0.2, 0.25) is 0 Å². The maximum absolute atomic E-state index is 13.5. The molecule has 0 bridgehead atoms. The smallest absolute Gasteiger partial charge is 0.359 e. The molecule has 3 aromatic carbocycles. The van der Waals surface area contributed by atoms with E-state index in [1.165, 1.54) is 43.3 Å². The number of carboxylic acids is 3. The van der Waals surface area contributed by atoms with Gasteiger partial charge in [0.25, 0.3) is 0 Å². The molecule has 0 amide bonds. The minimum atomic E-state index is -1.90. The number of hydroxylamine groups is 4. The summed E-state index contributed by atoms with van der Waals surface area (Å²) in [5.41, 5.74) is 6.01. The van der Waals surface area contributed by atoms with Crippen LogP contribution in [0.25, 0.3) is 0 Å². The molecule has 0 aliphatic rings. The van der Waals surface area contributed by atoms with Gasteiger partial charge in [0.15, 0.2) is 6.04 Å². The van der Waals surface area contributed by atoms with Crippen LogP contribution in [-0.2, 0) is 62.5 Å². The lowest BCUT2D eigenvalue weighted by atomic mass is 10.1. The van der Waals surface area contributed by atoms with E-state index in [0.29, 0.717) is 21.8 Å². The van der Waals surface area contributed by atoms with Gasteiger partial charge in [0.2, 0.25) is 0 Å². The number of ether oxygens (including phenoxy) is 1. The Hall–Kier alpha value is -6.82. The molecule has 0 fully saturated rings. The van der Waals surface area contributed by atoms with Crippen molar-refractivity contribution in [3.05, 3.63) is 132 Å². The fraction of sp³-hybridized carbons (Fsp3) is 0.231. The molecule has 0 unspecified atom stereocenters. The molecular weight excluding hydrogens is 734 g/mol. The summed E-state index contributed by atoms with van der Waals surface area (Å²) in [6.07, 6.45) is -0.577. The van der Waals surface area contributed by atoms with Gasteiger partial charge in [-0.3, -0.25) is 14.4 Å². The highest BCUT2D eigenvalue weighted by Crippen LogP contribution is 2.20. The van der Waals surface area contributed by atoms with Gasteiger partial charge in [-0.15, -0.1) is 5.06 Å². The van der Waals surface area contributed by atoms with Gasteiger partial charge in [0.1, 0.15) is 30.2 Å². The molecule has 0 spiro atoms. The molecule has 0 saturated heterocycles. The lowest BCUT2D eigenvalue weighted by molar-refractivity contribution is -0.337. The first-order valence-electron chi connectivity index (χ1n) is 16.7. The second kappa shape index (κ2) is 20.6. The lowest BCUT2D eigenvalue weighted by Gasteiger charge is -2.29. The minimum absolute atomic E-state index is 0.0516. The average molecular weight is 776 g/mol. The van der Waals surface area contributed by atoms with Gasteiger partial charge >= 0.3 is 35.8 Å². The fourth-order valence-corrected chi connectivity index (χ4v) is 4.63. The van der Waals surface area contributed by atoms with E-state index < -0.39 is 79.1 Å². The van der Waals surface area contributed by atoms with E-state index in [2.05, 4.69) is 19.7 Å². The van der Waals surface area contributed by atoms with E-state index in [1.54, 1.807) is 42.5 Å². The van der Waals surface area contributed by atoms with E-state index in [-0.39, 0.29) is 40.7 Å². The Morgan fingerprint density at radius 3 is 1.68 bits per heavy atom. The molecule has 3 aromatic rings. The number of hydrogen-bond donors (Lipinski definition) is 5. The van der Waals surface area contributed by atoms with E-state index in [4.69, 9.17) is 30.1 Å². The second-order valence-corrected chi connectivity index (χ2v) is 12.3. The summed E-state index contributed by atoms with van der Waals surface area (Å²) in [7, 11) is 0. The molecule has 0 saturated carbocycles. The van der Waals surface area contributed by atoms with Gasteiger partial charge in [-0.05, 0) is 54.3 Å². The highest BCUT2D eigenvalue weighted by atomic mass is 17.0.